The van der Waals surface area contributed by atoms with Crippen LogP contribution in [0.4, 0.5) is 0 Å². The molecule has 1 atom stereocenters. The fourth-order valence-electron chi connectivity index (χ4n) is 4.31. The Balaban J connectivity index is 1.29. The Hall–Kier alpha value is -2.25. The lowest BCUT2D eigenvalue weighted by Crippen LogP contribution is -2.51. The standard InChI is InChI=1S/C22H27N3O3S/c1-16-4-5-19(29-16)21(27)25-10-7-22(8-11-25)13-17(6-12-28-22)14-24-20(26)18-3-2-9-23-15-18/h2-5,9,15,17H,6-8,10-14H2,1H3,(H,24,26). The van der Waals surface area contributed by atoms with Gasteiger partial charge in [0.2, 0.25) is 0 Å². The van der Waals surface area contributed by atoms with E-state index in [4.69, 9.17) is 4.74 Å². The average Bonchev–Trinajstić information content (AvgIpc) is 3.19. The molecule has 0 saturated carbocycles. The minimum Gasteiger partial charge on any atom is -0.375 e. The van der Waals surface area contributed by atoms with Crippen molar-refractivity contribution in [3.63, 3.8) is 0 Å². The molecule has 2 aromatic heterocycles. The number of aryl methyl sites for hydroxylation is 1. The SMILES string of the molecule is Cc1ccc(C(=O)N2CCC3(CC2)CC(CNC(=O)c2cccnc2)CCO3)s1. The molecule has 154 valence electrons. The number of carbonyl (C=O) groups excluding carboxylic acids is 2. The number of piperidine rings is 1. The highest BCUT2D eigenvalue weighted by molar-refractivity contribution is 7.13. The maximum atomic E-state index is 12.7. The quantitative estimate of drug-likeness (QED) is 0.835. The number of aromatic nitrogens is 1. The summed E-state index contributed by atoms with van der Waals surface area (Å²) in [7, 11) is 0. The molecule has 2 saturated heterocycles. The Bertz CT molecular complexity index is 859. The lowest BCUT2D eigenvalue weighted by molar-refractivity contribution is -0.122. The van der Waals surface area contributed by atoms with Crippen LogP contribution in [-0.2, 0) is 4.74 Å². The molecule has 2 aromatic rings. The lowest BCUT2D eigenvalue weighted by Gasteiger charge is -2.46. The zero-order valence-corrected chi connectivity index (χ0v) is 17.5. The third-order valence-electron chi connectivity index (χ3n) is 5.98. The molecule has 29 heavy (non-hydrogen) atoms. The minimum atomic E-state index is -0.163. The number of amides is 2. The molecule has 6 nitrogen and oxygen atoms in total. The van der Waals surface area contributed by atoms with Crippen molar-refractivity contribution in [2.45, 2.75) is 38.2 Å². The maximum Gasteiger partial charge on any atom is 0.263 e. The van der Waals surface area contributed by atoms with E-state index in [1.54, 1.807) is 35.9 Å². The van der Waals surface area contributed by atoms with E-state index in [1.165, 1.54) is 0 Å². The van der Waals surface area contributed by atoms with E-state index in [0.717, 1.165) is 48.5 Å². The summed E-state index contributed by atoms with van der Waals surface area (Å²) in [5, 5.41) is 3.04. The van der Waals surface area contributed by atoms with Gasteiger partial charge in [-0.15, -0.1) is 11.3 Å². The molecule has 7 heteroatoms. The molecule has 2 aliphatic heterocycles. The van der Waals surface area contributed by atoms with Crippen LogP contribution in [0.1, 0.15) is 50.6 Å². The van der Waals surface area contributed by atoms with Gasteiger partial charge in [-0.1, -0.05) is 0 Å². The molecular formula is C22H27N3O3S. The number of hydrogen-bond donors (Lipinski definition) is 1. The third-order valence-corrected chi connectivity index (χ3v) is 6.97. The first kappa shape index (κ1) is 20.0. The van der Waals surface area contributed by atoms with Crippen LogP contribution in [0.3, 0.4) is 0 Å². The van der Waals surface area contributed by atoms with E-state index in [0.29, 0.717) is 24.6 Å². The summed E-state index contributed by atoms with van der Waals surface area (Å²) in [5.74, 6) is 0.450. The zero-order valence-electron chi connectivity index (χ0n) is 16.7. The highest BCUT2D eigenvalue weighted by Gasteiger charge is 2.41. The smallest absolute Gasteiger partial charge is 0.263 e. The van der Waals surface area contributed by atoms with Gasteiger partial charge in [0.1, 0.15) is 0 Å². The number of ether oxygens (including phenoxy) is 1. The molecule has 0 aliphatic carbocycles. The van der Waals surface area contributed by atoms with Gasteiger partial charge < -0.3 is 15.0 Å². The van der Waals surface area contributed by atoms with Crippen molar-refractivity contribution >= 4 is 23.2 Å². The van der Waals surface area contributed by atoms with Crippen LogP contribution in [0.2, 0.25) is 0 Å². The number of hydrogen-bond acceptors (Lipinski definition) is 5. The molecule has 0 aromatic carbocycles. The second-order valence-corrected chi connectivity index (χ2v) is 9.33. The monoisotopic (exact) mass is 413 g/mol. The molecule has 0 bridgehead atoms. The number of carbonyl (C=O) groups is 2. The summed E-state index contributed by atoms with van der Waals surface area (Å²) in [6.45, 7) is 4.84. The molecule has 1 unspecified atom stereocenters. The van der Waals surface area contributed by atoms with Crippen LogP contribution >= 0.6 is 11.3 Å². The Morgan fingerprint density at radius 1 is 1.31 bits per heavy atom. The van der Waals surface area contributed by atoms with Crippen molar-refractivity contribution in [2.75, 3.05) is 26.2 Å². The second-order valence-electron chi connectivity index (χ2n) is 8.04. The molecule has 2 aliphatic rings. The number of nitrogens with one attached hydrogen (secondary N) is 1. The van der Waals surface area contributed by atoms with Crippen molar-refractivity contribution in [2.24, 2.45) is 5.92 Å². The summed E-state index contributed by atoms with van der Waals surface area (Å²) in [4.78, 5) is 32.9. The molecular weight excluding hydrogens is 386 g/mol. The van der Waals surface area contributed by atoms with Crippen LogP contribution in [0, 0.1) is 12.8 Å². The molecule has 1 N–H and O–H groups in total. The normalized spacial score (nSPS) is 21.1. The van der Waals surface area contributed by atoms with Gasteiger partial charge in [-0.25, -0.2) is 0 Å². The number of thiophene rings is 1. The van der Waals surface area contributed by atoms with E-state index < -0.39 is 0 Å². The lowest BCUT2D eigenvalue weighted by atomic mass is 9.79. The predicted octanol–water partition coefficient (Wildman–Crippen LogP) is 3.28. The van der Waals surface area contributed by atoms with E-state index in [9.17, 15) is 9.59 Å². The first-order valence-corrected chi connectivity index (χ1v) is 11.0. The number of rotatable bonds is 4. The van der Waals surface area contributed by atoms with Crippen molar-refractivity contribution in [1.82, 2.24) is 15.2 Å². The van der Waals surface area contributed by atoms with Gasteiger partial charge in [0, 0.05) is 43.5 Å². The molecule has 4 heterocycles. The zero-order chi connectivity index (χ0) is 20.3. The van der Waals surface area contributed by atoms with E-state index in [-0.39, 0.29) is 17.4 Å². The Kier molecular flexibility index (Phi) is 5.96. The van der Waals surface area contributed by atoms with E-state index in [1.807, 2.05) is 24.0 Å². The molecule has 2 fully saturated rings. The summed E-state index contributed by atoms with van der Waals surface area (Å²) < 4.78 is 6.21. The van der Waals surface area contributed by atoms with Gasteiger partial charge in [0.15, 0.2) is 0 Å². The first-order valence-electron chi connectivity index (χ1n) is 10.2. The van der Waals surface area contributed by atoms with Gasteiger partial charge in [0.05, 0.1) is 16.0 Å². The highest BCUT2D eigenvalue weighted by Crippen LogP contribution is 2.38. The summed E-state index contributed by atoms with van der Waals surface area (Å²) in [6.07, 6.45) is 6.84. The van der Waals surface area contributed by atoms with Gasteiger partial charge >= 0.3 is 0 Å². The second kappa shape index (κ2) is 8.63. The van der Waals surface area contributed by atoms with Crippen molar-refractivity contribution in [3.8, 4) is 0 Å². The molecule has 4 rings (SSSR count). The van der Waals surface area contributed by atoms with E-state index in [2.05, 4.69) is 10.3 Å². The minimum absolute atomic E-state index is 0.0784. The van der Waals surface area contributed by atoms with E-state index >= 15 is 0 Å². The van der Waals surface area contributed by atoms with Crippen molar-refractivity contribution in [1.29, 1.82) is 0 Å². The number of pyridine rings is 1. The van der Waals surface area contributed by atoms with Crippen molar-refractivity contribution in [3.05, 3.63) is 52.0 Å². The Labute approximate surface area is 175 Å². The first-order chi connectivity index (χ1) is 14.0. The highest BCUT2D eigenvalue weighted by atomic mass is 32.1. The number of likely N-dealkylation sites (tertiary alicyclic amines) is 1. The van der Waals surface area contributed by atoms with Gasteiger partial charge in [-0.3, -0.25) is 14.6 Å². The predicted molar refractivity (Wildman–Crippen MR) is 112 cm³/mol. The maximum absolute atomic E-state index is 12.7. The molecule has 0 radical (unpaired) electrons. The fraction of sp³-hybridized carbons (Fsp3) is 0.500. The summed E-state index contributed by atoms with van der Waals surface area (Å²) in [5.41, 5.74) is 0.425. The average molecular weight is 414 g/mol. The third kappa shape index (κ3) is 4.67. The molecule has 1 spiro atoms. The molecule has 2 amide bonds. The van der Waals surface area contributed by atoms with Crippen LogP contribution in [0.5, 0.6) is 0 Å². The Morgan fingerprint density at radius 3 is 2.83 bits per heavy atom. The number of nitrogens with zero attached hydrogens (tertiary/aromatic N) is 2. The van der Waals surface area contributed by atoms with Crippen molar-refractivity contribution < 1.29 is 14.3 Å². The van der Waals surface area contributed by atoms with Gasteiger partial charge in [-0.2, -0.15) is 0 Å². The topological polar surface area (TPSA) is 71.5 Å². The van der Waals surface area contributed by atoms with Gasteiger partial charge in [0.25, 0.3) is 11.8 Å². The largest absolute Gasteiger partial charge is 0.375 e. The van der Waals surface area contributed by atoms with Crippen LogP contribution in [0.25, 0.3) is 0 Å². The Morgan fingerprint density at radius 2 is 2.14 bits per heavy atom. The van der Waals surface area contributed by atoms with Crippen LogP contribution < -0.4 is 5.32 Å². The van der Waals surface area contributed by atoms with Crippen LogP contribution in [-0.4, -0.2) is 53.5 Å². The van der Waals surface area contributed by atoms with Crippen LogP contribution in [0.15, 0.2) is 36.7 Å². The summed E-state index contributed by atoms with van der Waals surface area (Å²) in [6, 6.07) is 7.46. The summed E-state index contributed by atoms with van der Waals surface area (Å²) >= 11 is 1.56. The van der Waals surface area contributed by atoms with Gasteiger partial charge in [-0.05, 0) is 62.8 Å². The fourth-order valence-corrected chi connectivity index (χ4v) is 5.15.